The molecule has 9 nitrogen and oxygen atoms in total. The predicted molar refractivity (Wildman–Crippen MR) is 92.2 cm³/mol. The third-order valence-corrected chi connectivity index (χ3v) is 5.12. The Bertz CT molecular complexity index is 1030. The molecule has 27 heavy (non-hydrogen) atoms. The van der Waals surface area contributed by atoms with E-state index in [4.69, 9.17) is 0 Å². The summed E-state index contributed by atoms with van der Waals surface area (Å²) in [4.78, 5) is 20.4. The maximum absolute atomic E-state index is 11.7. The van der Waals surface area contributed by atoms with Crippen LogP contribution in [0.2, 0.25) is 0 Å². The Morgan fingerprint density at radius 2 is 2.04 bits per heavy atom. The zero-order valence-corrected chi connectivity index (χ0v) is 14.8. The van der Waals surface area contributed by atoms with Gasteiger partial charge >= 0.3 is 0 Å². The van der Waals surface area contributed by atoms with Gasteiger partial charge in [-0.15, -0.1) is 0 Å². The maximum atomic E-state index is 11.7. The molecule has 140 valence electrons. The summed E-state index contributed by atoms with van der Waals surface area (Å²) in [6, 6.07) is 9.76. The van der Waals surface area contributed by atoms with Crippen molar-refractivity contribution in [3.63, 3.8) is 0 Å². The minimum atomic E-state index is -1.92. The Hall–Kier alpha value is -3.04. The van der Waals surface area contributed by atoms with E-state index in [9.17, 15) is 20.1 Å². The number of imidazole rings is 1. The number of nitrogens with one attached hydrogen (secondary N) is 1. The van der Waals surface area contributed by atoms with Crippen LogP contribution in [0.5, 0.6) is 0 Å². The number of carboxylic acids is 1. The van der Waals surface area contributed by atoms with Gasteiger partial charge in [0.25, 0.3) is 5.82 Å². The Labute approximate surface area is 154 Å². The van der Waals surface area contributed by atoms with E-state index in [1.54, 1.807) is 6.33 Å². The van der Waals surface area contributed by atoms with Gasteiger partial charge < -0.3 is 20.1 Å². The van der Waals surface area contributed by atoms with Crippen LogP contribution in [0, 0.1) is 0 Å². The van der Waals surface area contributed by atoms with Crippen molar-refractivity contribution in [2.75, 3.05) is 5.32 Å². The molecule has 4 rings (SSSR count). The second-order valence-electron chi connectivity index (χ2n) is 7.10. The number of nitrogens with zero attached hydrogens (tertiary/aromatic N) is 4. The molecule has 3 heterocycles. The number of aliphatic hydroxyl groups is 2. The number of carbonyl (C=O) groups excluding carboxylic acids is 1. The monoisotopic (exact) mass is 369 g/mol. The average Bonchev–Trinajstić information content (AvgIpc) is 3.04. The molecular weight excluding hydrogens is 350 g/mol. The average molecular weight is 369 g/mol. The molecule has 1 aromatic carbocycles. The van der Waals surface area contributed by atoms with Gasteiger partial charge in [-0.2, -0.15) is 0 Å². The first-order chi connectivity index (χ1) is 12.7. The van der Waals surface area contributed by atoms with Crippen molar-refractivity contribution in [2.45, 2.75) is 37.8 Å². The highest BCUT2D eigenvalue weighted by atomic mass is 16.4. The second-order valence-corrected chi connectivity index (χ2v) is 7.10. The molecule has 9 heteroatoms. The Kier molecular flexibility index (Phi) is 3.69. The molecule has 0 fully saturated rings. The zero-order valence-electron chi connectivity index (χ0n) is 14.8. The van der Waals surface area contributed by atoms with E-state index < -0.39 is 23.3 Å². The summed E-state index contributed by atoms with van der Waals surface area (Å²) in [5.74, 6) is -1.29. The molecule has 0 spiro atoms. The molecule has 0 saturated heterocycles. The Balaban J connectivity index is 1.86. The lowest BCUT2D eigenvalue weighted by atomic mass is 9.85. The van der Waals surface area contributed by atoms with Gasteiger partial charge in [0.2, 0.25) is 17.7 Å². The van der Waals surface area contributed by atoms with Gasteiger partial charge in [0.1, 0.15) is 0 Å². The summed E-state index contributed by atoms with van der Waals surface area (Å²) >= 11 is 0. The summed E-state index contributed by atoms with van der Waals surface area (Å²) in [6.07, 6.45) is 1.29. The molecule has 3 aromatic rings. The van der Waals surface area contributed by atoms with Gasteiger partial charge in [-0.05, 0) is 12.5 Å². The molecule has 0 saturated carbocycles. The van der Waals surface area contributed by atoms with Crippen molar-refractivity contribution in [3.05, 3.63) is 48.5 Å². The number of carboxylic acid groups (broad SMARTS) is 1. The third-order valence-electron chi connectivity index (χ3n) is 5.12. The molecular formula is C18H19N5O4. The van der Waals surface area contributed by atoms with Crippen molar-refractivity contribution >= 4 is 23.0 Å². The van der Waals surface area contributed by atoms with Gasteiger partial charge in [0.15, 0.2) is 17.2 Å². The molecule has 3 atom stereocenters. The maximum Gasteiger partial charge on any atom is 0.256 e. The van der Waals surface area contributed by atoms with Gasteiger partial charge in [-0.3, -0.25) is 9.88 Å². The molecule has 0 radical (unpaired) electrons. The number of fused-ring (bicyclic) bond motifs is 3. The number of hydrogen-bond acceptors (Lipinski definition) is 7. The quantitative estimate of drug-likeness (QED) is 0.491. The summed E-state index contributed by atoms with van der Waals surface area (Å²) in [6.45, 7) is 3.11. The smallest absolute Gasteiger partial charge is 0.256 e. The van der Waals surface area contributed by atoms with Crippen LogP contribution in [0.25, 0.3) is 11.2 Å². The predicted octanol–water partition coefficient (Wildman–Crippen LogP) is -1.27. The van der Waals surface area contributed by atoms with Crippen LogP contribution in [-0.4, -0.2) is 42.4 Å². The molecule has 0 unspecified atom stereocenters. The first kappa shape index (κ1) is 17.4. The summed E-state index contributed by atoms with van der Waals surface area (Å²) < 4.78 is 3.10. The molecule has 2 aromatic heterocycles. The van der Waals surface area contributed by atoms with E-state index in [2.05, 4.69) is 15.3 Å². The number of aliphatic hydroxyl groups excluding tert-OH is 1. The fourth-order valence-electron chi connectivity index (χ4n) is 3.48. The van der Waals surface area contributed by atoms with E-state index in [1.165, 1.54) is 24.7 Å². The SMILES string of the molecule is C[C@]1(C(=O)[O-])Nc2c3ncn(Cc4ccccc4)c3nc[n+]2[C@](C)(O)[C@@H]1O. The number of anilines is 1. The minimum absolute atomic E-state index is 0.244. The van der Waals surface area contributed by atoms with E-state index in [0.29, 0.717) is 17.7 Å². The molecule has 3 N–H and O–H groups in total. The number of hydrogen-bond donors (Lipinski definition) is 3. The fourth-order valence-corrected chi connectivity index (χ4v) is 3.48. The highest BCUT2D eigenvalue weighted by Crippen LogP contribution is 2.33. The van der Waals surface area contributed by atoms with Gasteiger partial charge in [-0.25, -0.2) is 9.55 Å². The van der Waals surface area contributed by atoms with Gasteiger partial charge in [-0.1, -0.05) is 35.3 Å². The van der Waals surface area contributed by atoms with Crippen LogP contribution in [-0.2, 0) is 17.1 Å². The van der Waals surface area contributed by atoms with Crippen molar-refractivity contribution in [2.24, 2.45) is 0 Å². The number of rotatable bonds is 3. The number of aromatic nitrogens is 4. The van der Waals surface area contributed by atoms with E-state index in [1.807, 2.05) is 34.9 Å². The topological polar surface area (TPSA) is 127 Å². The van der Waals surface area contributed by atoms with E-state index in [0.717, 1.165) is 5.56 Å². The number of benzene rings is 1. The van der Waals surface area contributed by atoms with Crippen molar-refractivity contribution < 1.29 is 24.7 Å². The second kappa shape index (κ2) is 5.73. The Morgan fingerprint density at radius 1 is 1.33 bits per heavy atom. The van der Waals surface area contributed by atoms with Crippen molar-refractivity contribution in [1.29, 1.82) is 0 Å². The third kappa shape index (κ3) is 2.47. The van der Waals surface area contributed by atoms with Crippen LogP contribution in [0.15, 0.2) is 43.0 Å². The van der Waals surface area contributed by atoms with Crippen LogP contribution in [0.4, 0.5) is 5.82 Å². The van der Waals surface area contributed by atoms with Crippen LogP contribution < -0.4 is 15.0 Å². The van der Waals surface area contributed by atoms with Crippen molar-refractivity contribution in [3.8, 4) is 0 Å². The highest BCUT2D eigenvalue weighted by molar-refractivity contribution is 5.87. The lowest BCUT2D eigenvalue weighted by Crippen LogP contribution is -2.77. The highest BCUT2D eigenvalue weighted by Gasteiger charge is 2.56. The van der Waals surface area contributed by atoms with Crippen molar-refractivity contribution in [1.82, 2.24) is 14.5 Å². The number of carbonyl (C=O) groups is 1. The first-order valence-electron chi connectivity index (χ1n) is 8.45. The lowest BCUT2D eigenvalue weighted by molar-refractivity contribution is -0.807. The molecule has 1 aliphatic heterocycles. The standard InChI is InChI=1S/C18H19N5O4/c1-17(16(25)26)15(24)18(2,27)23-10-20-13-12(14(23)21-17)19-9-22(13)8-11-6-4-3-5-7-11/h3-7,9-10,15,24,27H,8H2,1-2H3,(H,25,26)/t15-,17+,18-/m1/s1. The summed E-state index contributed by atoms with van der Waals surface area (Å²) in [7, 11) is 0. The van der Waals surface area contributed by atoms with E-state index in [-0.39, 0.29) is 5.82 Å². The van der Waals surface area contributed by atoms with Gasteiger partial charge in [0.05, 0.1) is 18.8 Å². The van der Waals surface area contributed by atoms with E-state index >= 15 is 0 Å². The van der Waals surface area contributed by atoms with Gasteiger partial charge in [0, 0.05) is 6.92 Å². The Morgan fingerprint density at radius 3 is 2.70 bits per heavy atom. The number of aliphatic carboxylic acids is 1. The molecule has 0 bridgehead atoms. The normalized spacial score (nSPS) is 27.2. The minimum Gasteiger partial charge on any atom is -0.546 e. The van der Waals surface area contributed by atoms with Crippen LogP contribution in [0.1, 0.15) is 19.4 Å². The summed E-state index contributed by atoms with van der Waals surface area (Å²) in [5.41, 5.74) is -1.86. The molecule has 0 aliphatic carbocycles. The fraction of sp³-hybridized carbons (Fsp3) is 0.333. The molecule has 0 amide bonds. The lowest BCUT2D eigenvalue weighted by Gasteiger charge is -2.44. The first-order valence-corrected chi connectivity index (χ1v) is 8.45. The summed E-state index contributed by atoms with van der Waals surface area (Å²) in [5, 5.41) is 35.7. The van der Waals surface area contributed by atoms with Crippen LogP contribution in [0.3, 0.4) is 0 Å². The largest absolute Gasteiger partial charge is 0.546 e. The zero-order chi connectivity index (χ0) is 19.4. The molecule has 1 aliphatic rings. The van der Waals surface area contributed by atoms with Crippen LogP contribution >= 0.6 is 0 Å².